The zero-order valence-corrected chi connectivity index (χ0v) is 20.5. The summed E-state index contributed by atoms with van der Waals surface area (Å²) in [5.41, 5.74) is 2.44. The molecule has 2 heterocycles. The Balaban J connectivity index is 1.74. The second-order valence-corrected chi connectivity index (χ2v) is 9.15. The highest BCUT2D eigenvalue weighted by Crippen LogP contribution is 2.31. The summed E-state index contributed by atoms with van der Waals surface area (Å²) in [5.74, 6) is 0.216. The van der Waals surface area contributed by atoms with Crippen molar-refractivity contribution in [3.8, 4) is 5.75 Å². The number of hydrogen-bond donors (Lipinski definition) is 0. The Bertz CT molecular complexity index is 1640. The predicted octanol–water partition coefficient (Wildman–Crippen LogP) is 3.96. The maximum Gasteiger partial charge on any atom is 0.338 e. The Labute approximate surface area is 206 Å². The molecule has 0 bridgehead atoms. The fraction of sp³-hybridized carbons (Fsp3) is 0.179. The van der Waals surface area contributed by atoms with E-state index in [9.17, 15) is 9.59 Å². The first-order valence-electron chi connectivity index (χ1n) is 11.3. The zero-order valence-electron chi connectivity index (χ0n) is 19.6. The molecule has 4 aromatic rings. The number of hydrogen-bond acceptors (Lipinski definition) is 6. The van der Waals surface area contributed by atoms with E-state index < -0.39 is 12.0 Å². The molecule has 7 heteroatoms. The van der Waals surface area contributed by atoms with Crippen molar-refractivity contribution in [2.45, 2.75) is 19.9 Å². The molecular formula is C28H24N2O4S. The first-order chi connectivity index (χ1) is 17.0. The van der Waals surface area contributed by atoms with Gasteiger partial charge in [-0.3, -0.25) is 9.36 Å². The summed E-state index contributed by atoms with van der Waals surface area (Å²) in [6, 6.07) is 20.8. The average molecular weight is 485 g/mol. The van der Waals surface area contributed by atoms with Crippen molar-refractivity contribution in [3.05, 3.63) is 109 Å². The highest BCUT2D eigenvalue weighted by molar-refractivity contribution is 7.07. The van der Waals surface area contributed by atoms with Crippen molar-refractivity contribution in [2.75, 3.05) is 13.7 Å². The maximum atomic E-state index is 13.8. The molecule has 176 valence electrons. The molecule has 1 aliphatic rings. The number of fused-ring (bicyclic) bond motifs is 2. The summed E-state index contributed by atoms with van der Waals surface area (Å²) < 4.78 is 12.8. The highest BCUT2D eigenvalue weighted by atomic mass is 32.1. The lowest BCUT2D eigenvalue weighted by molar-refractivity contribution is -0.139. The summed E-state index contributed by atoms with van der Waals surface area (Å²) in [6.07, 6.45) is 1.90. The van der Waals surface area contributed by atoms with Crippen LogP contribution in [-0.2, 0) is 9.53 Å². The van der Waals surface area contributed by atoms with E-state index in [1.54, 1.807) is 25.5 Å². The molecule has 3 aromatic carbocycles. The molecule has 0 amide bonds. The Hall–Kier alpha value is -3.97. The molecule has 1 aromatic heterocycles. The minimum Gasteiger partial charge on any atom is -0.497 e. The molecule has 35 heavy (non-hydrogen) atoms. The van der Waals surface area contributed by atoms with Crippen LogP contribution >= 0.6 is 11.3 Å². The van der Waals surface area contributed by atoms with E-state index in [2.05, 4.69) is 4.99 Å². The second-order valence-electron chi connectivity index (χ2n) is 8.14. The fourth-order valence-corrected chi connectivity index (χ4v) is 5.45. The van der Waals surface area contributed by atoms with Gasteiger partial charge in [-0.05, 0) is 54.0 Å². The number of methoxy groups -OCH3 is 1. The molecule has 0 aliphatic carbocycles. The number of allylic oxidation sites excluding steroid dienone is 1. The largest absolute Gasteiger partial charge is 0.497 e. The number of carbonyl (C=O) groups is 1. The van der Waals surface area contributed by atoms with Crippen molar-refractivity contribution in [1.82, 2.24) is 4.57 Å². The summed E-state index contributed by atoms with van der Waals surface area (Å²) in [6.45, 7) is 3.77. The van der Waals surface area contributed by atoms with E-state index in [0.717, 1.165) is 21.9 Å². The second kappa shape index (κ2) is 9.35. The standard InChI is InChI=1S/C28H24N2O4S/c1-4-34-27(32)24-17(2)29-28-30(25(24)19-12-14-21(33-3)15-13-19)26(31)23(35-28)16-20-10-7-9-18-8-5-6-11-22(18)20/h5-16,25H,4H2,1-3H3/b23-16+. The smallest absolute Gasteiger partial charge is 0.338 e. The van der Waals surface area contributed by atoms with Gasteiger partial charge in [0.25, 0.3) is 5.56 Å². The first-order valence-corrected chi connectivity index (χ1v) is 12.1. The lowest BCUT2D eigenvalue weighted by Crippen LogP contribution is -2.39. The fourth-order valence-electron chi connectivity index (χ4n) is 4.41. The Morgan fingerprint density at radius 3 is 2.57 bits per heavy atom. The Morgan fingerprint density at radius 2 is 1.83 bits per heavy atom. The first kappa shape index (κ1) is 22.8. The van der Waals surface area contributed by atoms with Crippen molar-refractivity contribution >= 4 is 34.2 Å². The Morgan fingerprint density at radius 1 is 1.09 bits per heavy atom. The number of aromatic nitrogens is 1. The van der Waals surface area contributed by atoms with Gasteiger partial charge in [-0.2, -0.15) is 0 Å². The summed E-state index contributed by atoms with van der Waals surface area (Å²) >= 11 is 1.32. The van der Waals surface area contributed by atoms with Crippen LogP contribution in [0.1, 0.15) is 31.0 Å². The van der Waals surface area contributed by atoms with Gasteiger partial charge in [0.15, 0.2) is 4.80 Å². The van der Waals surface area contributed by atoms with Crippen molar-refractivity contribution in [3.63, 3.8) is 0 Å². The number of nitrogens with zero attached hydrogens (tertiary/aromatic N) is 2. The van der Waals surface area contributed by atoms with Crippen LogP contribution in [0, 0.1) is 0 Å². The van der Waals surface area contributed by atoms with Crippen LogP contribution in [-0.4, -0.2) is 24.3 Å². The van der Waals surface area contributed by atoms with E-state index in [0.29, 0.717) is 26.4 Å². The van der Waals surface area contributed by atoms with Crippen LogP contribution in [0.3, 0.4) is 0 Å². The molecule has 0 N–H and O–H groups in total. The molecule has 0 radical (unpaired) electrons. The molecule has 6 nitrogen and oxygen atoms in total. The molecule has 0 saturated carbocycles. The normalized spacial score (nSPS) is 15.6. The third kappa shape index (κ3) is 4.08. The van der Waals surface area contributed by atoms with Crippen LogP contribution in [0.5, 0.6) is 5.75 Å². The van der Waals surface area contributed by atoms with Crippen LogP contribution in [0.4, 0.5) is 0 Å². The van der Waals surface area contributed by atoms with Crippen LogP contribution in [0.2, 0.25) is 0 Å². The van der Waals surface area contributed by atoms with Gasteiger partial charge in [0, 0.05) is 0 Å². The van der Waals surface area contributed by atoms with E-state index in [1.165, 1.54) is 11.3 Å². The minimum atomic E-state index is -0.647. The van der Waals surface area contributed by atoms with Gasteiger partial charge >= 0.3 is 5.97 Å². The van der Waals surface area contributed by atoms with Crippen molar-refractivity contribution in [1.29, 1.82) is 0 Å². The van der Waals surface area contributed by atoms with Gasteiger partial charge < -0.3 is 9.47 Å². The number of carbonyl (C=O) groups excluding carboxylic acids is 1. The van der Waals surface area contributed by atoms with Gasteiger partial charge in [0.2, 0.25) is 0 Å². The SMILES string of the molecule is CCOC(=O)C1=C(C)N=c2s/c(=C/c3cccc4ccccc34)c(=O)n2C1c1ccc(OC)cc1. The third-order valence-electron chi connectivity index (χ3n) is 6.06. The molecule has 0 spiro atoms. The van der Waals surface area contributed by atoms with E-state index in [-0.39, 0.29) is 12.2 Å². The number of thiazole rings is 1. The van der Waals surface area contributed by atoms with E-state index in [4.69, 9.17) is 9.47 Å². The summed E-state index contributed by atoms with van der Waals surface area (Å²) in [7, 11) is 1.60. The monoisotopic (exact) mass is 484 g/mol. The van der Waals surface area contributed by atoms with Gasteiger partial charge in [0.1, 0.15) is 5.75 Å². The molecule has 5 rings (SSSR count). The van der Waals surface area contributed by atoms with Crippen molar-refractivity contribution < 1.29 is 14.3 Å². The van der Waals surface area contributed by atoms with Gasteiger partial charge in [-0.1, -0.05) is 65.9 Å². The van der Waals surface area contributed by atoms with Crippen LogP contribution in [0.15, 0.2) is 87.8 Å². The quantitative estimate of drug-likeness (QED) is 0.402. The molecular weight excluding hydrogens is 460 g/mol. The van der Waals surface area contributed by atoms with Gasteiger partial charge in [-0.15, -0.1) is 0 Å². The lowest BCUT2D eigenvalue weighted by atomic mass is 9.96. The molecule has 1 unspecified atom stereocenters. The average Bonchev–Trinajstić information content (AvgIpc) is 3.18. The van der Waals surface area contributed by atoms with Gasteiger partial charge in [0.05, 0.1) is 35.6 Å². The Kier molecular flexibility index (Phi) is 6.09. The summed E-state index contributed by atoms with van der Waals surface area (Å²) in [4.78, 5) is 32.0. The molecule has 1 atom stereocenters. The van der Waals surface area contributed by atoms with E-state index >= 15 is 0 Å². The number of esters is 1. The topological polar surface area (TPSA) is 69.9 Å². The van der Waals surface area contributed by atoms with Crippen LogP contribution < -0.4 is 19.6 Å². The number of benzene rings is 3. The highest BCUT2D eigenvalue weighted by Gasteiger charge is 2.33. The third-order valence-corrected chi connectivity index (χ3v) is 7.04. The lowest BCUT2D eigenvalue weighted by Gasteiger charge is -2.24. The molecule has 1 aliphatic heterocycles. The van der Waals surface area contributed by atoms with E-state index in [1.807, 2.05) is 72.8 Å². The van der Waals surface area contributed by atoms with Crippen LogP contribution in [0.25, 0.3) is 16.8 Å². The van der Waals surface area contributed by atoms with Crippen molar-refractivity contribution in [2.24, 2.45) is 4.99 Å². The molecule has 0 saturated heterocycles. The minimum absolute atomic E-state index is 0.197. The summed E-state index contributed by atoms with van der Waals surface area (Å²) in [5, 5.41) is 2.17. The number of rotatable bonds is 5. The van der Waals surface area contributed by atoms with Gasteiger partial charge in [-0.25, -0.2) is 9.79 Å². The maximum absolute atomic E-state index is 13.8. The predicted molar refractivity (Wildman–Crippen MR) is 137 cm³/mol. The number of ether oxygens (including phenoxy) is 2. The zero-order chi connectivity index (χ0) is 24.5. The molecule has 0 fully saturated rings.